The Morgan fingerprint density at radius 1 is 1.32 bits per heavy atom. The van der Waals surface area contributed by atoms with Crippen LogP contribution < -0.4 is 0 Å². The summed E-state index contributed by atoms with van der Waals surface area (Å²) in [5.41, 5.74) is 0. The molecule has 0 saturated carbocycles. The van der Waals surface area contributed by atoms with Gasteiger partial charge in [-0.15, -0.1) is 0 Å². The topological polar surface area (TPSA) is 78.9 Å². The van der Waals surface area contributed by atoms with E-state index in [-0.39, 0.29) is 0 Å². The summed E-state index contributed by atoms with van der Waals surface area (Å²) in [6.45, 7) is 0.789. The maximum absolute atomic E-state index is 13.3. The normalized spacial score (nSPS) is 18.3. The van der Waals surface area contributed by atoms with Gasteiger partial charge in [-0.3, -0.25) is 4.57 Å². The Morgan fingerprint density at radius 3 is 2.05 bits per heavy atom. The van der Waals surface area contributed by atoms with E-state index in [2.05, 4.69) is 13.2 Å². The summed E-state index contributed by atoms with van der Waals surface area (Å²) in [7, 11) is -8.86. The molecule has 0 spiro atoms. The van der Waals surface area contributed by atoms with Crippen LogP contribution >= 0.6 is 7.60 Å². The molecule has 12 heteroatoms. The predicted molar refractivity (Wildman–Crippen MR) is 56.9 cm³/mol. The van der Waals surface area contributed by atoms with Gasteiger partial charge in [0.2, 0.25) is 5.85 Å². The number of alkyl halides is 4. The van der Waals surface area contributed by atoms with E-state index >= 15 is 0 Å². The number of rotatable bonds is 8. The molecule has 0 bridgehead atoms. The van der Waals surface area contributed by atoms with Crippen LogP contribution in [-0.4, -0.2) is 46.6 Å². The van der Waals surface area contributed by atoms with Crippen LogP contribution in [0.2, 0.25) is 0 Å². The summed E-state index contributed by atoms with van der Waals surface area (Å²) in [5.74, 6) is -8.30. The molecule has 0 fully saturated rings. The molecule has 0 amide bonds. The minimum absolute atomic E-state index is 0.341. The zero-order valence-electron chi connectivity index (χ0n) is 10.2. The monoisotopic (exact) mass is 332 g/mol. The van der Waals surface area contributed by atoms with Crippen LogP contribution in [0.1, 0.15) is 6.92 Å². The minimum Gasteiger partial charge on any atom is -0.310 e. The molecule has 116 valence electrons. The summed E-state index contributed by atoms with van der Waals surface area (Å²) in [6, 6.07) is 0. The van der Waals surface area contributed by atoms with Crippen LogP contribution in [0.5, 0.6) is 0 Å². The Labute approximate surface area is 107 Å². The van der Waals surface area contributed by atoms with Crippen molar-refractivity contribution in [3.05, 3.63) is 0 Å². The molecule has 0 aromatic carbocycles. The third kappa shape index (κ3) is 4.99. The van der Waals surface area contributed by atoms with E-state index in [0.717, 1.165) is 0 Å². The van der Waals surface area contributed by atoms with Gasteiger partial charge in [0.15, 0.2) is 0 Å². The van der Waals surface area contributed by atoms with Crippen molar-refractivity contribution in [3.63, 3.8) is 0 Å². The third-order valence-corrected chi connectivity index (χ3v) is 4.57. The predicted octanol–water partition coefficient (Wildman–Crippen LogP) is 2.07. The van der Waals surface area contributed by atoms with Crippen molar-refractivity contribution < 1.29 is 43.8 Å². The molecule has 19 heavy (non-hydrogen) atoms. The Morgan fingerprint density at radius 2 is 1.79 bits per heavy atom. The SMILES string of the molecule is CCOP(=O)(OC)C(OS(C)(=O)=O)C(F)(F)C(F)F. The van der Waals surface area contributed by atoms with E-state index < -0.39 is 42.5 Å². The molecule has 0 aliphatic carbocycles. The molecule has 0 N–H and O–H groups in total. The Kier molecular flexibility index (Phi) is 6.41. The standard InChI is InChI=1S/C7H13F4O6PS/c1-4-16-18(12,15-2)6(17-19(3,13)14)7(10,11)5(8)9/h5-6H,4H2,1-3H3. The first-order valence-corrected chi connectivity index (χ1v) is 8.17. The first-order valence-electron chi connectivity index (χ1n) is 4.75. The van der Waals surface area contributed by atoms with Gasteiger partial charge in [-0.1, -0.05) is 0 Å². The fraction of sp³-hybridized carbons (Fsp3) is 1.00. The molecule has 0 aliphatic heterocycles. The quantitative estimate of drug-likeness (QED) is 0.385. The van der Waals surface area contributed by atoms with Crippen molar-refractivity contribution in [1.29, 1.82) is 0 Å². The second kappa shape index (κ2) is 6.49. The van der Waals surface area contributed by atoms with Crippen molar-refractivity contribution in [2.75, 3.05) is 20.0 Å². The van der Waals surface area contributed by atoms with E-state index in [0.29, 0.717) is 13.4 Å². The summed E-state index contributed by atoms with van der Waals surface area (Å²) in [5, 5.41) is 0. The van der Waals surface area contributed by atoms with Crippen molar-refractivity contribution in [1.82, 2.24) is 0 Å². The molecule has 0 radical (unpaired) electrons. The highest BCUT2D eigenvalue weighted by Gasteiger charge is 2.61. The summed E-state index contributed by atoms with van der Waals surface area (Å²) in [4.78, 5) is 0. The maximum atomic E-state index is 13.3. The fourth-order valence-electron chi connectivity index (χ4n) is 0.997. The second-order valence-electron chi connectivity index (χ2n) is 3.27. The smallest absolute Gasteiger partial charge is 0.310 e. The summed E-state index contributed by atoms with van der Waals surface area (Å²) in [6.07, 6.45) is -3.98. The van der Waals surface area contributed by atoms with E-state index in [1.807, 2.05) is 0 Å². The third-order valence-electron chi connectivity index (χ3n) is 1.74. The van der Waals surface area contributed by atoms with Crippen molar-refractivity contribution in [3.8, 4) is 0 Å². The van der Waals surface area contributed by atoms with Crippen LogP contribution in [0, 0.1) is 0 Å². The highest BCUT2D eigenvalue weighted by molar-refractivity contribution is 7.86. The number of halogens is 4. The lowest BCUT2D eigenvalue weighted by molar-refractivity contribution is -0.165. The summed E-state index contributed by atoms with van der Waals surface area (Å²) >= 11 is 0. The molecule has 0 saturated heterocycles. The first-order chi connectivity index (χ1) is 8.40. The molecule has 2 unspecified atom stereocenters. The number of hydrogen-bond acceptors (Lipinski definition) is 6. The highest BCUT2D eigenvalue weighted by atomic mass is 32.2. The molecule has 6 nitrogen and oxygen atoms in total. The van der Waals surface area contributed by atoms with E-state index in [4.69, 9.17) is 0 Å². The molecule has 0 heterocycles. The van der Waals surface area contributed by atoms with Gasteiger partial charge in [0.05, 0.1) is 12.9 Å². The molecule has 0 rings (SSSR count). The molecular weight excluding hydrogens is 319 g/mol. The lowest BCUT2D eigenvalue weighted by Gasteiger charge is -2.29. The molecule has 0 aromatic rings. The average molecular weight is 332 g/mol. The van der Waals surface area contributed by atoms with Crippen LogP contribution in [0.15, 0.2) is 0 Å². The van der Waals surface area contributed by atoms with Gasteiger partial charge < -0.3 is 9.05 Å². The van der Waals surface area contributed by atoms with Crippen LogP contribution in [-0.2, 0) is 27.9 Å². The van der Waals surface area contributed by atoms with Crippen molar-refractivity contribution >= 4 is 17.7 Å². The minimum atomic E-state index is -5.04. The lowest BCUT2D eigenvalue weighted by Crippen LogP contribution is -2.43. The summed E-state index contributed by atoms with van der Waals surface area (Å²) < 4.78 is 97.0. The van der Waals surface area contributed by atoms with Gasteiger partial charge in [0, 0.05) is 7.11 Å². The van der Waals surface area contributed by atoms with Gasteiger partial charge in [-0.2, -0.15) is 17.2 Å². The van der Waals surface area contributed by atoms with Crippen LogP contribution in [0.4, 0.5) is 17.6 Å². The Bertz CT molecular complexity index is 439. The Hall–Kier alpha value is -0.220. The van der Waals surface area contributed by atoms with Crippen molar-refractivity contribution in [2.24, 2.45) is 0 Å². The van der Waals surface area contributed by atoms with Gasteiger partial charge in [-0.25, -0.2) is 13.0 Å². The van der Waals surface area contributed by atoms with Crippen molar-refractivity contribution in [2.45, 2.75) is 25.1 Å². The largest absolute Gasteiger partial charge is 0.366 e. The fourth-order valence-corrected chi connectivity index (χ4v) is 3.67. The first kappa shape index (κ1) is 18.8. The zero-order chi connectivity index (χ0) is 15.5. The second-order valence-corrected chi connectivity index (χ2v) is 7.04. The lowest BCUT2D eigenvalue weighted by atomic mass is 10.4. The van der Waals surface area contributed by atoms with Gasteiger partial charge >= 0.3 is 19.9 Å². The van der Waals surface area contributed by atoms with E-state index in [9.17, 15) is 30.5 Å². The van der Waals surface area contributed by atoms with Crippen LogP contribution in [0.3, 0.4) is 0 Å². The molecule has 0 aromatic heterocycles. The zero-order valence-corrected chi connectivity index (χ0v) is 11.9. The van der Waals surface area contributed by atoms with Crippen LogP contribution in [0.25, 0.3) is 0 Å². The molecular formula is C7H13F4O6PS. The molecule has 0 aliphatic rings. The van der Waals surface area contributed by atoms with Gasteiger partial charge in [-0.05, 0) is 6.92 Å². The number of hydrogen-bond donors (Lipinski definition) is 0. The van der Waals surface area contributed by atoms with E-state index in [1.54, 1.807) is 0 Å². The Balaban J connectivity index is 5.71. The van der Waals surface area contributed by atoms with Gasteiger partial charge in [0.25, 0.3) is 10.1 Å². The van der Waals surface area contributed by atoms with Gasteiger partial charge in [0.1, 0.15) is 0 Å². The van der Waals surface area contributed by atoms with E-state index in [1.165, 1.54) is 6.92 Å². The molecule has 2 atom stereocenters. The average Bonchev–Trinajstić information content (AvgIpc) is 2.24. The maximum Gasteiger partial charge on any atom is 0.366 e. The highest BCUT2D eigenvalue weighted by Crippen LogP contribution is 2.59.